The second-order valence-electron chi connectivity index (χ2n) is 3.14. The van der Waals surface area contributed by atoms with E-state index in [-0.39, 0.29) is 6.04 Å². The number of carboxylic acids is 1. The molecule has 1 aromatic heterocycles. The minimum absolute atomic E-state index is 0.0927. The molecule has 0 aliphatic heterocycles. The first-order valence-electron chi connectivity index (χ1n) is 4.23. The molecule has 1 rings (SSSR count). The Morgan fingerprint density at radius 1 is 1.38 bits per heavy atom. The molecule has 0 saturated carbocycles. The molecule has 0 aliphatic carbocycles. The smallest absolute Gasteiger partial charge is 0.308 e. The van der Waals surface area contributed by atoms with Gasteiger partial charge in [-0.25, -0.2) is 0 Å². The standard InChI is InChI=1S/C9H14N2O2/c1-7(9(12)13)8(2)10-11-5-3-4-6-11/h3-8,10H,1-2H3,(H,12,13). The number of carboxylic acid groups (broad SMARTS) is 1. The summed E-state index contributed by atoms with van der Waals surface area (Å²) in [7, 11) is 0. The SMILES string of the molecule is CC(Nn1cccc1)C(C)C(=O)O. The van der Waals surface area contributed by atoms with Crippen molar-refractivity contribution in [3.05, 3.63) is 24.5 Å². The van der Waals surface area contributed by atoms with Gasteiger partial charge < -0.3 is 10.5 Å². The molecule has 1 heterocycles. The summed E-state index contributed by atoms with van der Waals surface area (Å²) >= 11 is 0. The van der Waals surface area contributed by atoms with Gasteiger partial charge in [0, 0.05) is 12.4 Å². The van der Waals surface area contributed by atoms with Crippen LogP contribution in [0.4, 0.5) is 0 Å². The summed E-state index contributed by atoms with van der Waals surface area (Å²) in [6, 6.07) is 3.67. The predicted molar refractivity (Wildman–Crippen MR) is 50.1 cm³/mol. The summed E-state index contributed by atoms with van der Waals surface area (Å²) in [6.07, 6.45) is 3.68. The molecule has 0 amide bonds. The van der Waals surface area contributed by atoms with Gasteiger partial charge in [-0.05, 0) is 26.0 Å². The Morgan fingerprint density at radius 2 is 1.92 bits per heavy atom. The summed E-state index contributed by atoms with van der Waals surface area (Å²) in [4.78, 5) is 10.6. The Hall–Kier alpha value is -1.45. The third-order valence-corrected chi connectivity index (χ3v) is 2.10. The molecule has 72 valence electrons. The van der Waals surface area contributed by atoms with Gasteiger partial charge in [0.2, 0.25) is 0 Å². The molecule has 13 heavy (non-hydrogen) atoms. The topological polar surface area (TPSA) is 54.3 Å². The van der Waals surface area contributed by atoms with E-state index in [2.05, 4.69) is 5.43 Å². The first kappa shape index (κ1) is 9.64. The molecule has 0 bridgehead atoms. The summed E-state index contributed by atoms with van der Waals surface area (Å²) in [5.41, 5.74) is 3.04. The highest BCUT2D eigenvalue weighted by Gasteiger charge is 2.18. The maximum Gasteiger partial charge on any atom is 0.308 e. The van der Waals surface area contributed by atoms with E-state index in [1.807, 2.05) is 31.5 Å². The Balaban J connectivity index is 2.50. The lowest BCUT2D eigenvalue weighted by Gasteiger charge is -2.19. The number of aromatic nitrogens is 1. The monoisotopic (exact) mass is 182 g/mol. The van der Waals surface area contributed by atoms with Gasteiger partial charge in [-0.1, -0.05) is 0 Å². The Labute approximate surface area is 77.2 Å². The van der Waals surface area contributed by atoms with Crippen LogP contribution in [-0.4, -0.2) is 21.8 Å². The molecular weight excluding hydrogens is 168 g/mol. The van der Waals surface area contributed by atoms with Crippen molar-refractivity contribution in [2.24, 2.45) is 5.92 Å². The van der Waals surface area contributed by atoms with E-state index in [4.69, 9.17) is 5.11 Å². The molecule has 4 nitrogen and oxygen atoms in total. The molecule has 1 aromatic rings. The predicted octanol–water partition coefficient (Wildman–Crippen LogP) is 1.14. The van der Waals surface area contributed by atoms with Gasteiger partial charge in [-0.2, -0.15) is 0 Å². The minimum atomic E-state index is -0.785. The van der Waals surface area contributed by atoms with Crippen molar-refractivity contribution < 1.29 is 9.90 Å². The van der Waals surface area contributed by atoms with Crippen LogP contribution in [0.5, 0.6) is 0 Å². The van der Waals surface area contributed by atoms with Crippen LogP contribution in [0.1, 0.15) is 13.8 Å². The zero-order chi connectivity index (χ0) is 9.84. The molecule has 2 unspecified atom stereocenters. The highest BCUT2D eigenvalue weighted by molar-refractivity contribution is 5.70. The molecule has 0 radical (unpaired) electrons. The van der Waals surface area contributed by atoms with E-state index >= 15 is 0 Å². The zero-order valence-corrected chi connectivity index (χ0v) is 7.77. The fraction of sp³-hybridized carbons (Fsp3) is 0.444. The molecule has 0 aliphatic rings. The fourth-order valence-electron chi connectivity index (χ4n) is 0.981. The van der Waals surface area contributed by atoms with E-state index in [0.29, 0.717) is 0 Å². The highest BCUT2D eigenvalue weighted by Crippen LogP contribution is 2.03. The molecule has 0 spiro atoms. The lowest BCUT2D eigenvalue weighted by atomic mass is 10.1. The summed E-state index contributed by atoms with van der Waals surface area (Å²) in [5.74, 6) is -1.19. The molecule has 0 aromatic carbocycles. The van der Waals surface area contributed by atoms with Gasteiger partial charge in [-0.15, -0.1) is 0 Å². The van der Waals surface area contributed by atoms with Crippen LogP contribution >= 0.6 is 0 Å². The van der Waals surface area contributed by atoms with E-state index in [0.717, 1.165) is 0 Å². The third-order valence-electron chi connectivity index (χ3n) is 2.10. The first-order valence-corrected chi connectivity index (χ1v) is 4.23. The second-order valence-corrected chi connectivity index (χ2v) is 3.14. The molecule has 2 N–H and O–H groups in total. The summed E-state index contributed by atoms with van der Waals surface area (Å²) in [5, 5.41) is 8.73. The summed E-state index contributed by atoms with van der Waals surface area (Å²) in [6.45, 7) is 3.53. The van der Waals surface area contributed by atoms with Gasteiger partial charge in [0.1, 0.15) is 0 Å². The van der Waals surface area contributed by atoms with E-state index < -0.39 is 11.9 Å². The highest BCUT2D eigenvalue weighted by atomic mass is 16.4. The minimum Gasteiger partial charge on any atom is -0.481 e. The van der Waals surface area contributed by atoms with Gasteiger partial charge in [0.05, 0.1) is 12.0 Å². The first-order chi connectivity index (χ1) is 6.11. The Morgan fingerprint density at radius 3 is 2.38 bits per heavy atom. The van der Waals surface area contributed by atoms with Crippen LogP contribution in [0.3, 0.4) is 0 Å². The van der Waals surface area contributed by atoms with Crippen LogP contribution in [0.15, 0.2) is 24.5 Å². The van der Waals surface area contributed by atoms with Crippen molar-refractivity contribution in [3.8, 4) is 0 Å². The second kappa shape index (κ2) is 3.98. The van der Waals surface area contributed by atoms with Crippen LogP contribution in [-0.2, 0) is 4.79 Å². The average molecular weight is 182 g/mol. The van der Waals surface area contributed by atoms with Crippen LogP contribution in [0, 0.1) is 5.92 Å². The number of nitrogens with zero attached hydrogens (tertiary/aromatic N) is 1. The van der Waals surface area contributed by atoms with Crippen LogP contribution in [0.2, 0.25) is 0 Å². The number of hydrogen-bond acceptors (Lipinski definition) is 2. The van der Waals surface area contributed by atoms with Gasteiger partial charge in [0.25, 0.3) is 0 Å². The van der Waals surface area contributed by atoms with E-state index in [1.165, 1.54) is 0 Å². The van der Waals surface area contributed by atoms with Crippen LogP contribution in [0.25, 0.3) is 0 Å². The molecule has 4 heteroatoms. The quantitative estimate of drug-likeness (QED) is 0.734. The molecule has 0 saturated heterocycles. The van der Waals surface area contributed by atoms with Gasteiger partial charge in [0.15, 0.2) is 0 Å². The van der Waals surface area contributed by atoms with Gasteiger partial charge >= 0.3 is 5.97 Å². The molecule has 0 fully saturated rings. The molecular formula is C9H14N2O2. The number of rotatable bonds is 4. The largest absolute Gasteiger partial charge is 0.481 e. The summed E-state index contributed by atoms with van der Waals surface area (Å²) < 4.78 is 1.75. The average Bonchev–Trinajstić information content (AvgIpc) is 2.55. The van der Waals surface area contributed by atoms with Crippen molar-refractivity contribution in [3.63, 3.8) is 0 Å². The maximum atomic E-state index is 10.6. The van der Waals surface area contributed by atoms with Crippen LogP contribution < -0.4 is 5.43 Å². The molecule has 2 atom stereocenters. The van der Waals surface area contributed by atoms with Crippen molar-refractivity contribution in [2.75, 3.05) is 5.43 Å². The fourth-order valence-corrected chi connectivity index (χ4v) is 0.981. The lowest BCUT2D eigenvalue weighted by molar-refractivity contribution is -0.141. The van der Waals surface area contributed by atoms with Gasteiger partial charge in [-0.3, -0.25) is 9.47 Å². The lowest BCUT2D eigenvalue weighted by Crippen LogP contribution is -2.34. The normalized spacial score (nSPS) is 14.9. The van der Waals surface area contributed by atoms with Crippen molar-refractivity contribution >= 4 is 5.97 Å². The third kappa shape index (κ3) is 2.50. The van der Waals surface area contributed by atoms with Crippen molar-refractivity contribution in [2.45, 2.75) is 19.9 Å². The number of hydrogen-bond donors (Lipinski definition) is 2. The number of nitrogens with one attached hydrogen (secondary N) is 1. The zero-order valence-electron chi connectivity index (χ0n) is 7.77. The van der Waals surface area contributed by atoms with E-state index in [1.54, 1.807) is 11.6 Å². The maximum absolute atomic E-state index is 10.6. The Bertz CT molecular complexity index is 269. The number of aliphatic carboxylic acids is 1. The van der Waals surface area contributed by atoms with Crippen molar-refractivity contribution in [1.82, 2.24) is 4.68 Å². The van der Waals surface area contributed by atoms with E-state index in [9.17, 15) is 4.79 Å². The Kier molecular flexibility index (Phi) is 2.95. The number of carbonyl (C=O) groups is 1. The van der Waals surface area contributed by atoms with Crippen molar-refractivity contribution in [1.29, 1.82) is 0 Å².